The molecule has 1 aliphatic rings. The van der Waals surface area contributed by atoms with E-state index in [1.54, 1.807) is 4.90 Å². The van der Waals surface area contributed by atoms with Gasteiger partial charge in [0.05, 0.1) is 6.42 Å². The molecule has 1 fully saturated rings. The second-order valence-corrected chi connectivity index (χ2v) is 8.43. The van der Waals surface area contributed by atoms with E-state index in [1.165, 1.54) is 0 Å². The highest BCUT2D eigenvalue weighted by atomic mass is 32.2. The van der Waals surface area contributed by atoms with Crippen molar-refractivity contribution in [1.82, 2.24) is 9.21 Å². The number of carbonyl (C=O) groups excluding carboxylic acids is 1. The van der Waals surface area contributed by atoms with Crippen LogP contribution in [-0.2, 0) is 21.2 Å². The van der Waals surface area contributed by atoms with Gasteiger partial charge in [-0.3, -0.25) is 4.79 Å². The maximum atomic E-state index is 13.9. The smallest absolute Gasteiger partial charge is 0.246 e. The summed E-state index contributed by atoms with van der Waals surface area (Å²) in [5.74, 6) is -2.03. The van der Waals surface area contributed by atoms with Crippen molar-refractivity contribution in [2.24, 2.45) is 0 Å². The van der Waals surface area contributed by atoms with Gasteiger partial charge < -0.3 is 4.90 Å². The van der Waals surface area contributed by atoms with Crippen molar-refractivity contribution in [3.63, 3.8) is 0 Å². The van der Waals surface area contributed by atoms with Crippen molar-refractivity contribution >= 4 is 15.9 Å². The molecule has 3 rings (SSSR count). The third-order valence-corrected chi connectivity index (χ3v) is 6.51. The summed E-state index contributed by atoms with van der Waals surface area (Å²) in [7, 11) is -4.07. The summed E-state index contributed by atoms with van der Waals surface area (Å²) in [6, 6.07) is 10.0. The number of rotatable bonds is 4. The highest BCUT2D eigenvalue weighted by Gasteiger charge is 2.32. The Balaban J connectivity index is 1.64. The second kappa shape index (κ2) is 7.74. The van der Waals surface area contributed by atoms with Gasteiger partial charge in [-0.1, -0.05) is 29.8 Å². The molecule has 5 nitrogen and oxygen atoms in total. The summed E-state index contributed by atoms with van der Waals surface area (Å²) in [4.78, 5) is 13.5. The topological polar surface area (TPSA) is 57.7 Å². The van der Waals surface area contributed by atoms with E-state index < -0.39 is 26.6 Å². The van der Waals surface area contributed by atoms with Gasteiger partial charge in [-0.2, -0.15) is 4.31 Å². The Hall–Kier alpha value is -2.32. The number of carbonyl (C=O) groups is 1. The molecule has 27 heavy (non-hydrogen) atoms. The van der Waals surface area contributed by atoms with Crippen LogP contribution >= 0.6 is 0 Å². The minimum absolute atomic E-state index is 0.0682. The van der Waals surface area contributed by atoms with Gasteiger partial charge in [0.15, 0.2) is 0 Å². The molecule has 0 saturated carbocycles. The molecule has 1 aliphatic heterocycles. The lowest BCUT2D eigenvalue weighted by Gasteiger charge is -2.34. The lowest BCUT2D eigenvalue weighted by Crippen LogP contribution is -2.51. The summed E-state index contributed by atoms with van der Waals surface area (Å²) in [5.41, 5.74) is 2.01. The molecule has 144 valence electrons. The number of piperazine rings is 1. The Morgan fingerprint density at radius 3 is 2.22 bits per heavy atom. The second-order valence-electron chi connectivity index (χ2n) is 6.52. The summed E-state index contributed by atoms with van der Waals surface area (Å²) in [6.45, 7) is 2.56. The van der Waals surface area contributed by atoms with Crippen molar-refractivity contribution in [2.45, 2.75) is 18.2 Å². The van der Waals surface area contributed by atoms with Crippen LogP contribution in [0.3, 0.4) is 0 Å². The largest absolute Gasteiger partial charge is 0.340 e. The Morgan fingerprint density at radius 1 is 1.00 bits per heavy atom. The fraction of sp³-hybridized carbons (Fsp3) is 0.316. The summed E-state index contributed by atoms with van der Waals surface area (Å²) in [6.07, 6.45) is 0.250. The maximum Gasteiger partial charge on any atom is 0.246 e. The van der Waals surface area contributed by atoms with Crippen LogP contribution in [0.5, 0.6) is 0 Å². The van der Waals surface area contributed by atoms with Gasteiger partial charge in [-0.25, -0.2) is 17.2 Å². The molecule has 1 amide bonds. The van der Waals surface area contributed by atoms with Gasteiger partial charge in [0.25, 0.3) is 0 Å². The zero-order valence-corrected chi connectivity index (χ0v) is 15.7. The molecule has 1 heterocycles. The number of hydrogen-bond acceptors (Lipinski definition) is 3. The Morgan fingerprint density at radius 2 is 1.63 bits per heavy atom. The fourth-order valence-electron chi connectivity index (χ4n) is 2.99. The monoisotopic (exact) mass is 394 g/mol. The van der Waals surface area contributed by atoms with E-state index in [1.807, 2.05) is 31.2 Å². The molecule has 0 bridgehead atoms. The molecule has 2 aromatic carbocycles. The van der Waals surface area contributed by atoms with E-state index in [0.717, 1.165) is 27.6 Å². The molecule has 8 heteroatoms. The number of sulfonamides is 1. The molecule has 1 saturated heterocycles. The van der Waals surface area contributed by atoms with E-state index in [0.29, 0.717) is 6.07 Å². The summed E-state index contributed by atoms with van der Waals surface area (Å²) in [5, 5.41) is 0. The van der Waals surface area contributed by atoms with Crippen LogP contribution in [-0.4, -0.2) is 49.7 Å². The van der Waals surface area contributed by atoms with E-state index in [9.17, 15) is 22.0 Å². The quantitative estimate of drug-likeness (QED) is 0.800. The van der Waals surface area contributed by atoms with Gasteiger partial charge in [-0.15, -0.1) is 0 Å². The number of benzene rings is 2. The first-order valence-corrected chi connectivity index (χ1v) is 10.00. The number of halogens is 2. The average Bonchev–Trinajstić information content (AvgIpc) is 2.63. The number of hydrogen-bond donors (Lipinski definition) is 0. The van der Waals surface area contributed by atoms with Gasteiger partial charge >= 0.3 is 0 Å². The van der Waals surface area contributed by atoms with Crippen LogP contribution in [0, 0.1) is 18.6 Å². The van der Waals surface area contributed by atoms with Crippen LogP contribution < -0.4 is 0 Å². The predicted octanol–water partition coefficient (Wildman–Crippen LogP) is 2.35. The van der Waals surface area contributed by atoms with E-state index in [4.69, 9.17) is 0 Å². The lowest BCUT2D eigenvalue weighted by molar-refractivity contribution is -0.131. The highest BCUT2D eigenvalue weighted by molar-refractivity contribution is 7.89. The highest BCUT2D eigenvalue weighted by Crippen LogP contribution is 2.21. The Kier molecular flexibility index (Phi) is 5.57. The van der Waals surface area contributed by atoms with Crippen LogP contribution in [0.15, 0.2) is 47.4 Å². The van der Waals surface area contributed by atoms with Crippen molar-refractivity contribution in [3.8, 4) is 0 Å². The summed E-state index contributed by atoms with van der Waals surface area (Å²) < 4.78 is 53.2. The molecule has 0 spiro atoms. The molecule has 0 unspecified atom stereocenters. The first-order valence-electron chi connectivity index (χ1n) is 8.56. The van der Waals surface area contributed by atoms with Crippen molar-refractivity contribution in [1.29, 1.82) is 0 Å². The van der Waals surface area contributed by atoms with E-state index in [2.05, 4.69) is 0 Å². The normalized spacial score (nSPS) is 15.7. The third kappa shape index (κ3) is 4.33. The minimum Gasteiger partial charge on any atom is -0.340 e. The van der Waals surface area contributed by atoms with Crippen LogP contribution in [0.4, 0.5) is 8.78 Å². The Labute approximate surface area is 157 Å². The van der Waals surface area contributed by atoms with Gasteiger partial charge in [-0.05, 0) is 24.6 Å². The first-order chi connectivity index (χ1) is 12.8. The van der Waals surface area contributed by atoms with Crippen LogP contribution in [0.25, 0.3) is 0 Å². The van der Waals surface area contributed by atoms with Crippen LogP contribution in [0.2, 0.25) is 0 Å². The first kappa shape index (κ1) is 19.4. The molecular weight excluding hydrogens is 374 g/mol. The third-order valence-electron chi connectivity index (χ3n) is 4.58. The average molecular weight is 394 g/mol. The molecule has 0 radical (unpaired) electrons. The molecule has 0 atom stereocenters. The fourth-order valence-corrected chi connectivity index (χ4v) is 4.46. The number of nitrogens with zero attached hydrogens (tertiary/aromatic N) is 2. The standard InChI is InChI=1S/C19H20F2N2O3S/c1-14-2-4-15(5-3-14)12-19(24)22-8-10-23(11-9-22)27(25,26)18-7-6-16(20)13-17(18)21/h2-7,13H,8-12H2,1H3. The van der Waals surface area contributed by atoms with Crippen molar-refractivity contribution in [2.75, 3.05) is 26.2 Å². The van der Waals surface area contributed by atoms with Crippen molar-refractivity contribution < 1.29 is 22.0 Å². The molecule has 2 aromatic rings. The van der Waals surface area contributed by atoms with Gasteiger partial charge in [0.1, 0.15) is 16.5 Å². The predicted molar refractivity (Wildman–Crippen MR) is 96.6 cm³/mol. The van der Waals surface area contributed by atoms with Gasteiger partial charge in [0, 0.05) is 32.2 Å². The maximum absolute atomic E-state index is 13.9. The molecule has 0 aromatic heterocycles. The summed E-state index contributed by atoms with van der Waals surface area (Å²) >= 11 is 0. The zero-order valence-electron chi connectivity index (χ0n) is 14.9. The molecular formula is C19H20F2N2O3S. The molecule has 0 N–H and O–H groups in total. The molecule has 0 aliphatic carbocycles. The number of aryl methyl sites for hydroxylation is 1. The number of amides is 1. The Bertz CT molecular complexity index is 938. The van der Waals surface area contributed by atoms with Crippen molar-refractivity contribution in [3.05, 3.63) is 65.2 Å². The van der Waals surface area contributed by atoms with E-state index in [-0.39, 0.29) is 38.5 Å². The SMILES string of the molecule is Cc1ccc(CC(=O)N2CCN(S(=O)(=O)c3ccc(F)cc3F)CC2)cc1. The van der Waals surface area contributed by atoms with Gasteiger partial charge in [0.2, 0.25) is 15.9 Å². The van der Waals surface area contributed by atoms with E-state index >= 15 is 0 Å². The minimum atomic E-state index is -4.07. The van der Waals surface area contributed by atoms with Crippen LogP contribution in [0.1, 0.15) is 11.1 Å². The zero-order chi connectivity index (χ0) is 19.6. The lowest BCUT2D eigenvalue weighted by atomic mass is 10.1.